The van der Waals surface area contributed by atoms with E-state index in [4.69, 9.17) is 5.84 Å². The van der Waals surface area contributed by atoms with E-state index < -0.39 is 6.04 Å². The first-order valence-corrected chi connectivity index (χ1v) is 6.87. The average Bonchev–Trinajstić information content (AvgIpc) is 2.36. The lowest BCUT2D eigenvalue weighted by atomic mass is 9.99. The summed E-state index contributed by atoms with van der Waals surface area (Å²) >= 11 is 6.86. The van der Waals surface area contributed by atoms with Gasteiger partial charge in [-0.3, -0.25) is 5.84 Å². The van der Waals surface area contributed by atoms with E-state index in [1.807, 2.05) is 18.2 Å². The summed E-state index contributed by atoms with van der Waals surface area (Å²) in [6, 6.07) is 11.9. The van der Waals surface area contributed by atoms with Gasteiger partial charge < -0.3 is 0 Å². The molecule has 0 bridgehead atoms. The zero-order valence-electron chi connectivity index (χ0n) is 9.33. The second-order valence-electron chi connectivity index (χ2n) is 3.79. The third kappa shape index (κ3) is 2.80. The molecule has 0 aliphatic rings. The van der Waals surface area contributed by atoms with Crippen LogP contribution in [0.2, 0.25) is 0 Å². The zero-order chi connectivity index (χ0) is 13.1. The second kappa shape index (κ2) is 5.93. The van der Waals surface area contributed by atoms with Crippen LogP contribution in [0, 0.1) is 5.82 Å². The highest BCUT2D eigenvalue weighted by molar-refractivity contribution is 9.11. The van der Waals surface area contributed by atoms with Crippen LogP contribution in [0.4, 0.5) is 4.39 Å². The number of rotatable bonds is 3. The molecule has 0 aliphatic carbocycles. The van der Waals surface area contributed by atoms with Crippen LogP contribution in [0.1, 0.15) is 17.2 Å². The summed E-state index contributed by atoms with van der Waals surface area (Å²) in [4.78, 5) is 0. The van der Waals surface area contributed by atoms with Gasteiger partial charge in [-0.25, -0.2) is 9.82 Å². The van der Waals surface area contributed by atoms with Gasteiger partial charge in [-0.1, -0.05) is 50.1 Å². The third-order valence-corrected chi connectivity index (χ3v) is 3.87. The maximum Gasteiger partial charge on any atom is 0.128 e. The van der Waals surface area contributed by atoms with Gasteiger partial charge in [0.1, 0.15) is 5.82 Å². The van der Waals surface area contributed by atoms with E-state index in [0.717, 1.165) is 14.5 Å². The SMILES string of the molecule is NNC(c1ccccc1F)c1cc(Br)ccc1Br. The van der Waals surface area contributed by atoms with Crippen molar-refractivity contribution in [1.29, 1.82) is 0 Å². The molecule has 0 fully saturated rings. The minimum atomic E-state index is -0.405. The molecule has 0 aliphatic heterocycles. The molecule has 18 heavy (non-hydrogen) atoms. The quantitative estimate of drug-likeness (QED) is 0.632. The fourth-order valence-electron chi connectivity index (χ4n) is 1.79. The lowest BCUT2D eigenvalue weighted by Gasteiger charge is -2.19. The minimum Gasteiger partial charge on any atom is -0.271 e. The lowest BCUT2D eigenvalue weighted by molar-refractivity contribution is 0.559. The van der Waals surface area contributed by atoms with E-state index in [9.17, 15) is 4.39 Å². The standard InChI is InChI=1S/C13H11Br2FN2/c14-8-5-6-11(15)10(7-8)13(18-17)9-3-1-2-4-12(9)16/h1-7,13,18H,17H2. The van der Waals surface area contributed by atoms with Crippen molar-refractivity contribution in [2.75, 3.05) is 0 Å². The minimum absolute atomic E-state index is 0.285. The summed E-state index contributed by atoms with van der Waals surface area (Å²) in [5.74, 6) is 5.29. The molecule has 2 rings (SSSR count). The lowest BCUT2D eigenvalue weighted by Crippen LogP contribution is -2.29. The molecule has 3 N–H and O–H groups in total. The maximum absolute atomic E-state index is 13.8. The van der Waals surface area contributed by atoms with Gasteiger partial charge in [0.2, 0.25) is 0 Å². The van der Waals surface area contributed by atoms with Crippen LogP contribution in [0.25, 0.3) is 0 Å². The smallest absolute Gasteiger partial charge is 0.128 e. The Hall–Kier alpha value is -0.750. The Morgan fingerprint density at radius 1 is 1.06 bits per heavy atom. The molecule has 94 valence electrons. The van der Waals surface area contributed by atoms with Crippen LogP contribution in [-0.4, -0.2) is 0 Å². The molecule has 1 unspecified atom stereocenters. The van der Waals surface area contributed by atoms with E-state index in [2.05, 4.69) is 37.3 Å². The molecule has 0 aromatic heterocycles. The number of benzene rings is 2. The van der Waals surface area contributed by atoms with Gasteiger partial charge in [-0.05, 0) is 29.8 Å². The Kier molecular flexibility index (Phi) is 4.50. The normalized spacial score (nSPS) is 12.4. The molecule has 0 spiro atoms. The summed E-state index contributed by atoms with van der Waals surface area (Å²) < 4.78 is 15.6. The molecule has 5 heteroatoms. The average molecular weight is 374 g/mol. The van der Waals surface area contributed by atoms with Crippen molar-refractivity contribution in [1.82, 2.24) is 5.43 Å². The summed E-state index contributed by atoms with van der Waals surface area (Å²) in [5, 5.41) is 0. The number of hydrazine groups is 1. The molecule has 0 saturated carbocycles. The highest BCUT2D eigenvalue weighted by atomic mass is 79.9. The summed E-state index contributed by atoms with van der Waals surface area (Å²) in [5.41, 5.74) is 4.04. The Balaban J connectivity index is 2.52. The van der Waals surface area contributed by atoms with Crippen molar-refractivity contribution in [2.24, 2.45) is 5.84 Å². The van der Waals surface area contributed by atoms with Gasteiger partial charge in [-0.15, -0.1) is 0 Å². The van der Waals surface area contributed by atoms with E-state index >= 15 is 0 Å². The van der Waals surface area contributed by atoms with E-state index in [1.54, 1.807) is 18.2 Å². The van der Waals surface area contributed by atoms with Gasteiger partial charge in [-0.2, -0.15) is 0 Å². The Morgan fingerprint density at radius 2 is 1.78 bits per heavy atom. The number of nitrogens with one attached hydrogen (secondary N) is 1. The van der Waals surface area contributed by atoms with Crippen molar-refractivity contribution in [3.05, 3.63) is 68.4 Å². The number of nitrogens with two attached hydrogens (primary N) is 1. The van der Waals surface area contributed by atoms with Gasteiger partial charge in [0.25, 0.3) is 0 Å². The molecule has 0 saturated heterocycles. The fraction of sp³-hybridized carbons (Fsp3) is 0.0769. The van der Waals surface area contributed by atoms with E-state index in [1.165, 1.54) is 6.07 Å². The molecule has 0 amide bonds. The highest BCUT2D eigenvalue weighted by Gasteiger charge is 2.18. The maximum atomic E-state index is 13.8. The zero-order valence-corrected chi connectivity index (χ0v) is 12.5. The molecule has 2 aromatic carbocycles. The van der Waals surface area contributed by atoms with Crippen molar-refractivity contribution >= 4 is 31.9 Å². The van der Waals surface area contributed by atoms with Crippen LogP contribution < -0.4 is 11.3 Å². The summed E-state index contributed by atoms with van der Waals surface area (Å²) in [6.07, 6.45) is 0. The van der Waals surface area contributed by atoms with Crippen molar-refractivity contribution in [3.63, 3.8) is 0 Å². The highest BCUT2D eigenvalue weighted by Crippen LogP contribution is 2.31. The molecule has 0 radical (unpaired) electrons. The number of hydrogen-bond donors (Lipinski definition) is 2. The number of halogens is 3. The van der Waals surface area contributed by atoms with Gasteiger partial charge in [0.15, 0.2) is 0 Å². The van der Waals surface area contributed by atoms with Gasteiger partial charge >= 0.3 is 0 Å². The van der Waals surface area contributed by atoms with Crippen molar-refractivity contribution in [2.45, 2.75) is 6.04 Å². The molecular weight excluding hydrogens is 363 g/mol. The second-order valence-corrected chi connectivity index (χ2v) is 5.56. The van der Waals surface area contributed by atoms with Crippen LogP contribution >= 0.6 is 31.9 Å². The molecular formula is C13H11Br2FN2. The molecule has 1 atom stereocenters. The van der Waals surface area contributed by atoms with Crippen LogP contribution in [0.5, 0.6) is 0 Å². The van der Waals surface area contributed by atoms with Gasteiger partial charge in [0.05, 0.1) is 6.04 Å². The molecule has 0 heterocycles. The Labute approximate surface area is 122 Å². The summed E-state index contributed by atoms with van der Waals surface area (Å²) in [6.45, 7) is 0. The topological polar surface area (TPSA) is 38.0 Å². The molecule has 2 nitrogen and oxygen atoms in total. The molecule has 2 aromatic rings. The first-order chi connectivity index (χ1) is 8.63. The van der Waals surface area contributed by atoms with Gasteiger partial charge in [0, 0.05) is 14.5 Å². The van der Waals surface area contributed by atoms with E-state index in [-0.39, 0.29) is 5.82 Å². The largest absolute Gasteiger partial charge is 0.271 e. The predicted octanol–water partition coefficient (Wildman–Crippen LogP) is 3.90. The monoisotopic (exact) mass is 372 g/mol. The van der Waals surface area contributed by atoms with Crippen molar-refractivity contribution < 1.29 is 4.39 Å². The van der Waals surface area contributed by atoms with Crippen LogP contribution in [0.3, 0.4) is 0 Å². The third-order valence-electron chi connectivity index (χ3n) is 2.65. The Morgan fingerprint density at radius 3 is 2.44 bits per heavy atom. The predicted molar refractivity (Wildman–Crippen MR) is 77.4 cm³/mol. The van der Waals surface area contributed by atoms with E-state index in [0.29, 0.717) is 5.56 Å². The number of hydrogen-bond acceptors (Lipinski definition) is 2. The first kappa shape index (κ1) is 13.7. The van der Waals surface area contributed by atoms with Crippen molar-refractivity contribution in [3.8, 4) is 0 Å². The van der Waals surface area contributed by atoms with Crippen LogP contribution in [0.15, 0.2) is 51.4 Å². The summed E-state index contributed by atoms with van der Waals surface area (Å²) in [7, 11) is 0. The Bertz CT molecular complexity index is 560. The van der Waals surface area contributed by atoms with Crippen LogP contribution in [-0.2, 0) is 0 Å². The first-order valence-electron chi connectivity index (χ1n) is 5.29. The fourth-order valence-corrected chi connectivity index (χ4v) is 2.65.